The minimum Gasteiger partial charge on any atom is -0.396 e. The molecule has 142 valence electrons. The topological polar surface area (TPSA) is 119 Å². The van der Waals surface area contributed by atoms with Crippen molar-refractivity contribution in [3.05, 3.63) is 11.1 Å². The predicted molar refractivity (Wildman–Crippen MR) is 100 cm³/mol. The Morgan fingerprint density at radius 3 is 2.29 bits per heavy atom. The van der Waals surface area contributed by atoms with E-state index in [0.717, 1.165) is 18.4 Å². The molecule has 0 saturated heterocycles. The highest BCUT2D eigenvalue weighted by molar-refractivity contribution is 5.35. The summed E-state index contributed by atoms with van der Waals surface area (Å²) in [6.45, 7) is 11.5. The highest BCUT2D eigenvalue weighted by atomic mass is 16.3. The van der Waals surface area contributed by atoms with Gasteiger partial charge >= 0.3 is 0 Å². The lowest BCUT2D eigenvalue weighted by molar-refractivity contribution is 0.138. The Hall–Kier alpha value is -0.460. The monoisotopic (exact) mass is 341 g/mol. The lowest BCUT2D eigenvalue weighted by Crippen LogP contribution is -2.51. The van der Waals surface area contributed by atoms with Crippen LogP contribution < -0.4 is 17.2 Å². The van der Waals surface area contributed by atoms with Crippen molar-refractivity contribution < 1.29 is 10.2 Å². The van der Waals surface area contributed by atoms with Crippen LogP contribution >= 0.6 is 0 Å². The third kappa shape index (κ3) is 4.38. The van der Waals surface area contributed by atoms with Gasteiger partial charge in [0.25, 0.3) is 0 Å². The van der Waals surface area contributed by atoms with Crippen molar-refractivity contribution in [2.75, 3.05) is 19.8 Å². The fraction of sp³-hybridized carbons (Fsp3) is 0.895. The zero-order valence-electron chi connectivity index (χ0n) is 16.2. The zero-order chi connectivity index (χ0) is 18.8. The van der Waals surface area contributed by atoms with Gasteiger partial charge in [0.1, 0.15) is 0 Å². The molecule has 1 aliphatic rings. The SMILES string of the molecule is CC1(C)CC(N)C(=C(CCO)C(C)(C)C(N)CCO)C(C)(CN)C1. The number of rotatable bonds is 7. The summed E-state index contributed by atoms with van der Waals surface area (Å²) < 4.78 is 0. The van der Waals surface area contributed by atoms with E-state index in [1.807, 2.05) is 0 Å². The molecule has 3 atom stereocenters. The Kier molecular flexibility index (Phi) is 7.04. The third-order valence-electron chi connectivity index (χ3n) is 5.94. The largest absolute Gasteiger partial charge is 0.396 e. The van der Waals surface area contributed by atoms with Gasteiger partial charge in [-0.2, -0.15) is 0 Å². The average Bonchev–Trinajstić information content (AvgIpc) is 2.44. The van der Waals surface area contributed by atoms with Crippen molar-refractivity contribution in [1.29, 1.82) is 0 Å². The summed E-state index contributed by atoms with van der Waals surface area (Å²) in [6.07, 6.45) is 2.94. The average molecular weight is 342 g/mol. The molecular weight excluding hydrogens is 302 g/mol. The number of hydrogen-bond acceptors (Lipinski definition) is 5. The van der Waals surface area contributed by atoms with Crippen molar-refractivity contribution in [2.24, 2.45) is 33.4 Å². The molecule has 0 aromatic heterocycles. The van der Waals surface area contributed by atoms with Gasteiger partial charge in [0.2, 0.25) is 0 Å². The molecule has 0 aliphatic heterocycles. The van der Waals surface area contributed by atoms with Crippen LogP contribution in [0.25, 0.3) is 0 Å². The number of aliphatic hydroxyl groups is 2. The molecule has 5 heteroatoms. The quantitative estimate of drug-likeness (QED) is 0.450. The molecule has 1 rings (SSSR count). The van der Waals surface area contributed by atoms with E-state index >= 15 is 0 Å². The van der Waals surface area contributed by atoms with Gasteiger partial charge in [-0.05, 0) is 36.7 Å². The normalized spacial score (nSPS) is 31.0. The van der Waals surface area contributed by atoms with Gasteiger partial charge in [-0.1, -0.05) is 40.2 Å². The van der Waals surface area contributed by atoms with Crippen molar-refractivity contribution >= 4 is 0 Å². The first kappa shape index (κ1) is 21.6. The second-order valence-corrected chi connectivity index (χ2v) is 9.12. The molecular formula is C19H39N3O2. The molecule has 1 aliphatic carbocycles. The molecule has 24 heavy (non-hydrogen) atoms. The number of hydrogen-bond donors (Lipinski definition) is 5. The molecule has 0 aromatic rings. The maximum absolute atomic E-state index is 9.68. The highest BCUT2D eigenvalue weighted by Gasteiger charge is 2.46. The van der Waals surface area contributed by atoms with Gasteiger partial charge in [-0.25, -0.2) is 0 Å². The second-order valence-electron chi connectivity index (χ2n) is 9.12. The van der Waals surface area contributed by atoms with E-state index in [0.29, 0.717) is 19.4 Å². The predicted octanol–water partition coefficient (Wildman–Crippen LogP) is 1.51. The molecule has 0 amide bonds. The van der Waals surface area contributed by atoms with Crippen LogP contribution in [0.1, 0.15) is 60.3 Å². The molecule has 1 saturated carbocycles. The zero-order valence-corrected chi connectivity index (χ0v) is 16.2. The summed E-state index contributed by atoms with van der Waals surface area (Å²) in [6, 6.07) is -0.273. The maximum atomic E-state index is 9.68. The van der Waals surface area contributed by atoms with E-state index in [4.69, 9.17) is 17.2 Å². The lowest BCUT2D eigenvalue weighted by Gasteiger charge is -2.51. The Bertz CT molecular complexity index is 460. The standard InChI is InChI=1S/C19H39N3O2/c1-17(2)10-14(21)16(19(5,11-17)12-20)13(6-8-23)18(3,4)15(22)7-9-24/h14-15,23-24H,6-12,20-22H2,1-5H3. The van der Waals surface area contributed by atoms with Crippen LogP contribution in [0.2, 0.25) is 0 Å². The summed E-state index contributed by atoms with van der Waals surface area (Å²) >= 11 is 0. The van der Waals surface area contributed by atoms with Gasteiger partial charge in [-0.15, -0.1) is 0 Å². The van der Waals surface area contributed by atoms with Gasteiger partial charge < -0.3 is 27.4 Å². The van der Waals surface area contributed by atoms with Crippen LogP contribution in [-0.2, 0) is 0 Å². The van der Waals surface area contributed by atoms with E-state index in [2.05, 4.69) is 34.6 Å². The summed E-state index contributed by atoms with van der Waals surface area (Å²) in [5.41, 5.74) is 21.1. The molecule has 0 heterocycles. The molecule has 8 N–H and O–H groups in total. The molecule has 3 unspecified atom stereocenters. The van der Waals surface area contributed by atoms with Crippen LogP contribution in [0, 0.1) is 16.2 Å². The first-order valence-corrected chi connectivity index (χ1v) is 9.12. The molecule has 5 nitrogen and oxygen atoms in total. The van der Waals surface area contributed by atoms with Gasteiger partial charge in [0, 0.05) is 42.7 Å². The van der Waals surface area contributed by atoms with Gasteiger partial charge in [0.05, 0.1) is 0 Å². The van der Waals surface area contributed by atoms with E-state index in [9.17, 15) is 10.2 Å². The fourth-order valence-electron chi connectivity index (χ4n) is 4.78. The second kappa shape index (κ2) is 7.83. The van der Waals surface area contributed by atoms with E-state index in [-0.39, 0.29) is 41.5 Å². The Balaban J connectivity index is 3.50. The number of nitrogens with two attached hydrogens (primary N) is 3. The highest BCUT2D eigenvalue weighted by Crippen LogP contribution is 2.52. The maximum Gasteiger partial charge on any atom is 0.0468 e. The van der Waals surface area contributed by atoms with Crippen molar-refractivity contribution in [3.8, 4) is 0 Å². The van der Waals surface area contributed by atoms with E-state index in [1.54, 1.807) is 0 Å². The minimum absolute atomic E-state index is 0.0551. The van der Waals surface area contributed by atoms with E-state index < -0.39 is 0 Å². The van der Waals surface area contributed by atoms with Gasteiger partial charge in [-0.3, -0.25) is 0 Å². The van der Waals surface area contributed by atoms with Crippen LogP contribution in [-0.4, -0.2) is 42.1 Å². The lowest BCUT2D eigenvalue weighted by atomic mass is 9.56. The summed E-state index contributed by atoms with van der Waals surface area (Å²) in [5.74, 6) is 0. The van der Waals surface area contributed by atoms with Crippen LogP contribution in [0.15, 0.2) is 11.1 Å². The smallest absolute Gasteiger partial charge is 0.0468 e. The minimum atomic E-state index is -0.351. The summed E-state index contributed by atoms with van der Waals surface area (Å²) in [7, 11) is 0. The van der Waals surface area contributed by atoms with Crippen molar-refractivity contribution in [2.45, 2.75) is 72.4 Å². The molecule has 1 fully saturated rings. The first-order valence-electron chi connectivity index (χ1n) is 9.12. The Labute approximate surface area is 147 Å². The van der Waals surface area contributed by atoms with Gasteiger partial charge in [0.15, 0.2) is 0 Å². The van der Waals surface area contributed by atoms with E-state index in [1.165, 1.54) is 5.57 Å². The third-order valence-corrected chi connectivity index (χ3v) is 5.94. The molecule has 0 radical (unpaired) electrons. The van der Waals surface area contributed by atoms with Crippen LogP contribution in [0.3, 0.4) is 0 Å². The fourth-order valence-corrected chi connectivity index (χ4v) is 4.78. The summed E-state index contributed by atoms with van der Waals surface area (Å²) in [5, 5.41) is 19.0. The Morgan fingerprint density at radius 1 is 1.25 bits per heavy atom. The van der Waals surface area contributed by atoms with Crippen molar-refractivity contribution in [1.82, 2.24) is 0 Å². The summed E-state index contributed by atoms with van der Waals surface area (Å²) in [4.78, 5) is 0. The molecule has 0 aromatic carbocycles. The number of aliphatic hydroxyl groups excluding tert-OH is 2. The Morgan fingerprint density at radius 2 is 1.83 bits per heavy atom. The molecule has 0 bridgehead atoms. The molecule has 0 spiro atoms. The van der Waals surface area contributed by atoms with Crippen molar-refractivity contribution in [3.63, 3.8) is 0 Å². The first-order chi connectivity index (χ1) is 10.9. The van der Waals surface area contributed by atoms with Crippen LogP contribution in [0.5, 0.6) is 0 Å². The van der Waals surface area contributed by atoms with Crippen LogP contribution in [0.4, 0.5) is 0 Å².